The number of anilines is 2. The number of halogens is 1. The Bertz CT molecular complexity index is 1290. The molecule has 0 saturated carbocycles. The Hall–Kier alpha value is -3.97. The average molecular weight is 444 g/mol. The number of nitrogens with zero attached hydrogens (tertiary/aromatic N) is 2. The summed E-state index contributed by atoms with van der Waals surface area (Å²) in [5, 5.41) is 4.35. The van der Waals surface area contributed by atoms with Gasteiger partial charge in [-0.15, -0.1) is 0 Å². The summed E-state index contributed by atoms with van der Waals surface area (Å²) in [5.41, 5.74) is 13.3. The fraction of sp³-hybridized carbons (Fsp3) is 0.154. The molecule has 0 radical (unpaired) electrons. The molecule has 0 spiro atoms. The number of aromatic nitrogens is 2. The van der Waals surface area contributed by atoms with E-state index in [1.54, 1.807) is 30.5 Å². The highest BCUT2D eigenvalue weighted by Gasteiger charge is 2.11. The van der Waals surface area contributed by atoms with Crippen LogP contribution >= 0.6 is 0 Å². The van der Waals surface area contributed by atoms with Crippen molar-refractivity contribution in [1.29, 1.82) is 0 Å². The number of nitrogens with one attached hydrogen (secondary N) is 2. The second-order valence-electron chi connectivity index (χ2n) is 7.64. The number of benzene rings is 2. The molecule has 0 bridgehead atoms. The molecule has 2 aromatic heterocycles. The minimum Gasteiger partial charge on any atom is -0.396 e. The number of hydrogen-bond acceptors (Lipinski definition) is 6. The van der Waals surface area contributed by atoms with Crippen molar-refractivity contribution in [2.45, 2.75) is 19.9 Å². The summed E-state index contributed by atoms with van der Waals surface area (Å²) in [4.78, 5) is 14.2. The Morgan fingerprint density at radius 1 is 1.12 bits per heavy atom. The maximum atomic E-state index is 14.7. The molecule has 0 aliphatic carbocycles. The summed E-state index contributed by atoms with van der Waals surface area (Å²) in [6, 6.07) is 18.4. The van der Waals surface area contributed by atoms with E-state index in [0.717, 1.165) is 22.9 Å². The fourth-order valence-corrected chi connectivity index (χ4v) is 3.41. The van der Waals surface area contributed by atoms with Crippen LogP contribution in [0.3, 0.4) is 0 Å². The largest absolute Gasteiger partial charge is 0.396 e. The van der Waals surface area contributed by atoms with E-state index in [9.17, 15) is 4.39 Å². The molecule has 2 aromatic carbocycles. The number of hydrogen-bond donors (Lipinski definition) is 3. The molecule has 0 aliphatic heterocycles. The minimum atomic E-state index is -0.414. The maximum Gasteiger partial charge on any atom is 0.150 e. The molecule has 0 aliphatic rings. The second kappa shape index (κ2) is 10.1. The molecule has 0 atom stereocenters. The molecule has 6 nitrogen and oxygen atoms in total. The second-order valence-corrected chi connectivity index (χ2v) is 7.64. The monoisotopic (exact) mass is 443 g/mol. The third-order valence-corrected chi connectivity index (χ3v) is 5.15. The zero-order valence-corrected chi connectivity index (χ0v) is 18.4. The van der Waals surface area contributed by atoms with Crippen molar-refractivity contribution in [3.05, 3.63) is 90.4 Å². The molecular formula is C26H26FN5O. The quantitative estimate of drug-likeness (QED) is 0.233. The Morgan fingerprint density at radius 2 is 2.00 bits per heavy atom. The molecule has 0 unspecified atom stereocenters. The number of nitrogen functional groups attached to an aromatic ring is 1. The van der Waals surface area contributed by atoms with E-state index in [2.05, 4.69) is 33.4 Å². The predicted molar refractivity (Wildman–Crippen MR) is 132 cm³/mol. The van der Waals surface area contributed by atoms with Crippen molar-refractivity contribution < 1.29 is 9.23 Å². The summed E-state index contributed by atoms with van der Waals surface area (Å²) in [7, 11) is 0. The Morgan fingerprint density at radius 3 is 2.82 bits per heavy atom. The number of rotatable bonds is 9. The number of fused-ring (bicyclic) bond motifs is 1. The van der Waals surface area contributed by atoms with Crippen molar-refractivity contribution in [3.8, 4) is 11.3 Å². The zero-order valence-electron chi connectivity index (χ0n) is 18.4. The van der Waals surface area contributed by atoms with Crippen LogP contribution in [-0.2, 0) is 11.4 Å². The summed E-state index contributed by atoms with van der Waals surface area (Å²) >= 11 is 0. The van der Waals surface area contributed by atoms with Gasteiger partial charge >= 0.3 is 0 Å². The molecular weight excluding hydrogens is 417 g/mol. The highest BCUT2D eigenvalue weighted by Crippen LogP contribution is 2.27. The van der Waals surface area contributed by atoms with Gasteiger partial charge in [-0.25, -0.2) is 9.37 Å². The van der Waals surface area contributed by atoms with Crippen molar-refractivity contribution in [3.63, 3.8) is 0 Å². The van der Waals surface area contributed by atoms with Gasteiger partial charge in [0, 0.05) is 29.3 Å². The van der Waals surface area contributed by atoms with Gasteiger partial charge in [0.15, 0.2) is 0 Å². The number of hydroxylamine groups is 1. The van der Waals surface area contributed by atoms with Gasteiger partial charge in [-0.05, 0) is 54.4 Å². The average Bonchev–Trinajstić information content (AvgIpc) is 2.83. The van der Waals surface area contributed by atoms with Gasteiger partial charge in [-0.1, -0.05) is 31.7 Å². The van der Waals surface area contributed by atoms with Crippen LogP contribution in [0.2, 0.25) is 0 Å². The molecule has 0 amide bonds. The SMILES string of the molecule is C=C(NOCCC)c1ccc(-c2ccc(N)c(NCc3ccc4ncccc4c3)n2)cc1F. The van der Waals surface area contributed by atoms with Crippen LogP contribution in [0.15, 0.2) is 73.4 Å². The van der Waals surface area contributed by atoms with Crippen LogP contribution in [0.1, 0.15) is 24.5 Å². The van der Waals surface area contributed by atoms with Gasteiger partial charge in [0.1, 0.15) is 11.6 Å². The van der Waals surface area contributed by atoms with Crippen molar-refractivity contribution in [2.24, 2.45) is 0 Å². The molecule has 0 fully saturated rings. The first-order valence-electron chi connectivity index (χ1n) is 10.8. The molecule has 33 heavy (non-hydrogen) atoms. The molecule has 4 rings (SSSR count). The predicted octanol–water partition coefficient (Wildman–Crippen LogP) is 5.53. The standard InChI is InChI=1S/C26H26FN5O/c1-3-13-33-32-17(2)21-8-7-20(15-22(21)27)25-11-9-23(28)26(31-25)30-16-18-6-10-24-19(14-18)5-4-12-29-24/h4-12,14-15,32H,2-3,13,16,28H2,1H3,(H,30,31). The lowest BCUT2D eigenvalue weighted by Crippen LogP contribution is -2.13. The van der Waals surface area contributed by atoms with E-state index in [1.165, 1.54) is 6.07 Å². The van der Waals surface area contributed by atoms with Crippen molar-refractivity contribution in [1.82, 2.24) is 15.4 Å². The van der Waals surface area contributed by atoms with Crippen LogP contribution in [-0.4, -0.2) is 16.6 Å². The molecule has 4 aromatic rings. The molecule has 168 valence electrons. The maximum absolute atomic E-state index is 14.7. The molecule has 4 N–H and O–H groups in total. The number of nitrogens with two attached hydrogens (primary N) is 1. The molecule has 2 heterocycles. The third kappa shape index (κ3) is 5.27. The summed E-state index contributed by atoms with van der Waals surface area (Å²) in [6.07, 6.45) is 2.62. The lowest BCUT2D eigenvalue weighted by molar-refractivity contribution is 0.0789. The minimum absolute atomic E-state index is 0.342. The van der Waals surface area contributed by atoms with Gasteiger partial charge in [0.05, 0.1) is 29.2 Å². The smallest absolute Gasteiger partial charge is 0.150 e. The van der Waals surface area contributed by atoms with E-state index < -0.39 is 5.82 Å². The van der Waals surface area contributed by atoms with Crippen LogP contribution in [0.25, 0.3) is 27.9 Å². The third-order valence-electron chi connectivity index (χ3n) is 5.15. The van der Waals surface area contributed by atoms with Gasteiger partial charge in [0.25, 0.3) is 0 Å². The Labute approximate surface area is 192 Å². The molecule has 7 heteroatoms. The summed E-state index contributed by atoms with van der Waals surface area (Å²) < 4.78 is 14.7. The topological polar surface area (TPSA) is 85.1 Å². The van der Waals surface area contributed by atoms with Crippen LogP contribution in [0.5, 0.6) is 0 Å². The zero-order chi connectivity index (χ0) is 23.2. The van der Waals surface area contributed by atoms with Gasteiger partial charge in [-0.3, -0.25) is 15.3 Å². The molecule has 0 saturated heterocycles. The highest BCUT2D eigenvalue weighted by atomic mass is 19.1. The first kappa shape index (κ1) is 22.2. The van der Waals surface area contributed by atoms with Gasteiger partial charge in [-0.2, -0.15) is 0 Å². The van der Waals surface area contributed by atoms with E-state index in [-0.39, 0.29) is 0 Å². The first-order chi connectivity index (χ1) is 16.0. The number of pyridine rings is 2. The first-order valence-corrected chi connectivity index (χ1v) is 10.8. The van der Waals surface area contributed by atoms with Crippen molar-refractivity contribution in [2.75, 3.05) is 17.7 Å². The Balaban J connectivity index is 1.50. The van der Waals surface area contributed by atoms with Crippen molar-refractivity contribution >= 4 is 28.1 Å². The Kier molecular flexibility index (Phi) is 6.80. The lowest BCUT2D eigenvalue weighted by Gasteiger charge is -2.13. The van der Waals surface area contributed by atoms with Crippen LogP contribution in [0.4, 0.5) is 15.9 Å². The van der Waals surface area contributed by atoms with Gasteiger partial charge < -0.3 is 11.1 Å². The van der Waals surface area contributed by atoms with E-state index in [1.807, 2.05) is 31.2 Å². The normalized spacial score (nSPS) is 10.8. The van der Waals surface area contributed by atoms with E-state index in [0.29, 0.717) is 47.2 Å². The highest BCUT2D eigenvalue weighted by molar-refractivity contribution is 5.79. The fourth-order valence-electron chi connectivity index (χ4n) is 3.41. The van der Waals surface area contributed by atoms with Gasteiger partial charge in [0.2, 0.25) is 0 Å². The lowest BCUT2D eigenvalue weighted by atomic mass is 10.1. The summed E-state index contributed by atoms with van der Waals surface area (Å²) in [5.74, 6) is 0.130. The van der Waals surface area contributed by atoms with E-state index in [4.69, 9.17) is 10.6 Å². The van der Waals surface area contributed by atoms with E-state index >= 15 is 0 Å². The van der Waals surface area contributed by atoms with Crippen LogP contribution < -0.4 is 16.5 Å². The van der Waals surface area contributed by atoms with Crippen LogP contribution in [0, 0.1) is 5.82 Å². The summed E-state index contributed by atoms with van der Waals surface area (Å²) in [6.45, 7) is 6.88.